The van der Waals surface area contributed by atoms with Crippen LogP contribution in [0.3, 0.4) is 0 Å². The Morgan fingerprint density at radius 1 is 1.25 bits per heavy atom. The van der Waals surface area contributed by atoms with Gasteiger partial charge in [-0.25, -0.2) is 4.68 Å². The summed E-state index contributed by atoms with van der Waals surface area (Å²) < 4.78 is 43.1. The highest BCUT2D eigenvalue weighted by atomic mass is 79.9. The number of aliphatic hydroxyl groups excluding tert-OH is 1. The number of carbonyl (C=O) groups excluding carboxylic acids is 1. The van der Waals surface area contributed by atoms with E-state index in [1.165, 1.54) is 6.07 Å². The first-order valence-corrected chi connectivity index (χ1v) is 10.7. The number of anilines is 2. The Morgan fingerprint density at radius 2 is 1.97 bits per heavy atom. The van der Waals surface area contributed by atoms with Crippen molar-refractivity contribution in [1.29, 1.82) is 0 Å². The average molecular weight is 509 g/mol. The monoisotopic (exact) mass is 508 g/mol. The van der Waals surface area contributed by atoms with Crippen LogP contribution in [-0.2, 0) is 0 Å². The van der Waals surface area contributed by atoms with Gasteiger partial charge in [0.15, 0.2) is 11.7 Å². The number of hydrogen-bond donors (Lipinski definition) is 3. The Kier molecular flexibility index (Phi) is 6.00. The van der Waals surface area contributed by atoms with Crippen molar-refractivity contribution in [3.05, 3.63) is 75.9 Å². The zero-order valence-electron chi connectivity index (χ0n) is 16.9. The summed E-state index contributed by atoms with van der Waals surface area (Å²) >= 11 is 3.32. The van der Waals surface area contributed by atoms with Gasteiger partial charge in [-0.3, -0.25) is 4.79 Å². The Bertz CT molecular complexity index is 1130. The molecular formula is C22H20BrF3N4O2. The molecule has 2 aromatic carbocycles. The lowest BCUT2D eigenvalue weighted by atomic mass is 9.97. The summed E-state index contributed by atoms with van der Waals surface area (Å²) in [4.78, 5) is 12.7. The number of nitrogens with one attached hydrogen (secondary N) is 2. The van der Waals surface area contributed by atoms with Crippen LogP contribution in [0, 0.1) is 0 Å². The van der Waals surface area contributed by atoms with Crippen molar-refractivity contribution < 1.29 is 23.1 Å². The van der Waals surface area contributed by atoms with E-state index in [0.717, 1.165) is 9.15 Å². The lowest BCUT2D eigenvalue weighted by Crippen LogP contribution is -2.35. The van der Waals surface area contributed by atoms with Crippen molar-refractivity contribution in [3.8, 4) is 0 Å². The number of benzene rings is 2. The first kappa shape index (κ1) is 22.3. The number of halogens is 4. The van der Waals surface area contributed by atoms with Crippen LogP contribution in [0.15, 0.2) is 59.1 Å². The summed E-state index contributed by atoms with van der Waals surface area (Å²) in [5.74, 6) is -0.521. The SMILES string of the molecule is C[C@H](O)c1cccc(NC(=O)c2cc3n(n2)[C@H](C(F)(F)F)C[C@H](c2ccc(Br)cc2)N3)c1. The number of aliphatic hydroxyl groups is 1. The van der Waals surface area contributed by atoms with Gasteiger partial charge in [0.05, 0.1) is 12.1 Å². The smallest absolute Gasteiger partial charge is 0.389 e. The molecule has 1 aliphatic heterocycles. The normalized spacial score (nSPS) is 19.1. The van der Waals surface area contributed by atoms with Crippen LogP contribution in [0.25, 0.3) is 0 Å². The molecule has 1 aromatic heterocycles. The number of amides is 1. The van der Waals surface area contributed by atoms with Crippen molar-refractivity contribution in [2.24, 2.45) is 0 Å². The molecule has 3 aromatic rings. The fraction of sp³-hybridized carbons (Fsp3) is 0.273. The maximum Gasteiger partial charge on any atom is 0.410 e. The minimum absolute atomic E-state index is 0.120. The van der Waals surface area contributed by atoms with E-state index in [4.69, 9.17) is 0 Å². The number of hydrogen-bond acceptors (Lipinski definition) is 4. The Hall–Kier alpha value is -2.85. The van der Waals surface area contributed by atoms with E-state index >= 15 is 0 Å². The quantitative estimate of drug-likeness (QED) is 0.427. The van der Waals surface area contributed by atoms with E-state index in [1.807, 2.05) is 0 Å². The maximum absolute atomic E-state index is 13.8. The predicted molar refractivity (Wildman–Crippen MR) is 117 cm³/mol. The second kappa shape index (κ2) is 8.59. The lowest BCUT2D eigenvalue weighted by Gasteiger charge is -2.33. The second-order valence-corrected chi connectivity index (χ2v) is 8.57. The Labute approximate surface area is 190 Å². The van der Waals surface area contributed by atoms with Gasteiger partial charge in [-0.15, -0.1) is 0 Å². The molecule has 32 heavy (non-hydrogen) atoms. The van der Waals surface area contributed by atoms with Crippen molar-refractivity contribution in [3.63, 3.8) is 0 Å². The molecule has 0 spiro atoms. The third-order valence-corrected chi connectivity index (χ3v) is 5.85. The standard InChI is InChI=1S/C22H20BrF3N4O2/c1-12(31)14-3-2-4-16(9-14)27-21(32)18-11-20-28-17(13-5-7-15(23)8-6-13)10-19(22(24,25)26)30(20)29-18/h2-9,11-12,17,19,28,31H,10H2,1H3,(H,27,32)/t12-,17+,19-/m0/s1. The van der Waals surface area contributed by atoms with Crippen LogP contribution in [0.1, 0.15) is 53.1 Å². The highest BCUT2D eigenvalue weighted by Gasteiger charge is 2.46. The van der Waals surface area contributed by atoms with Gasteiger partial charge in [0.1, 0.15) is 5.82 Å². The number of alkyl halides is 3. The molecule has 3 N–H and O–H groups in total. The van der Waals surface area contributed by atoms with Gasteiger partial charge in [0.2, 0.25) is 0 Å². The van der Waals surface area contributed by atoms with Crippen LogP contribution in [-0.4, -0.2) is 27.0 Å². The fourth-order valence-electron chi connectivity index (χ4n) is 3.67. The predicted octanol–water partition coefficient (Wildman–Crippen LogP) is 5.61. The highest BCUT2D eigenvalue weighted by molar-refractivity contribution is 9.10. The van der Waals surface area contributed by atoms with E-state index in [2.05, 4.69) is 31.7 Å². The minimum Gasteiger partial charge on any atom is -0.389 e. The molecule has 0 bridgehead atoms. The first-order valence-electron chi connectivity index (χ1n) is 9.89. The summed E-state index contributed by atoms with van der Waals surface area (Å²) in [7, 11) is 0. The van der Waals surface area contributed by atoms with Gasteiger partial charge in [-0.05, 0) is 42.3 Å². The molecule has 0 fully saturated rings. The van der Waals surface area contributed by atoms with Gasteiger partial charge in [0.25, 0.3) is 5.91 Å². The van der Waals surface area contributed by atoms with Gasteiger partial charge in [-0.2, -0.15) is 18.3 Å². The van der Waals surface area contributed by atoms with Crippen LogP contribution in [0.4, 0.5) is 24.7 Å². The largest absolute Gasteiger partial charge is 0.410 e. The van der Waals surface area contributed by atoms with E-state index in [1.54, 1.807) is 55.5 Å². The minimum atomic E-state index is -4.53. The van der Waals surface area contributed by atoms with Crippen LogP contribution in [0.2, 0.25) is 0 Å². The van der Waals surface area contributed by atoms with Crippen LogP contribution >= 0.6 is 15.9 Å². The van der Waals surface area contributed by atoms with Crippen molar-refractivity contribution in [2.45, 2.75) is 37.7 Å². The highest BCUT2D eigenvalue weighted by Crippen LogP contribution is 2.43. The zero-order chi connectivity index (χ0) is 23.0. The fourth-order valence-corrected chi connectivity index (χ4v) is 3.93. The van der Waals surface area contributed by atoms with Crippen LogP contribution in [0.5, 0.6) is 0 Å². The zero-order valence-corrected chi connectivity index (χ0v) is 18.5. The van der Waals surface area contributed by atoms with Crippen molar-refractivity contribution in [2.75, 3.05) is 10.6 Å². The summed E-state index contributed by atoms with van der Waals surface area (Å²) in [5.41, 5.74) is 1.58. The third kappa shape index (κ3) is 4.66. The number of carbonyl (C=O) groups is 1. The molecule has 168 valence electrons. The van der Waals surface area contributed by atoms with Crippen molar-refractivity contribution >= 4 is 33.3 Å². The molecular weight excluding hydrogens is 489 g/mol. The maximum atomic E-state index is 13.8. The molecule has 6 nitrogen and oxygen atoms in total. The molecule has 0 aliphatic carbocycles. The molecule has 3 atom stereocenters. The molecule has 0 saturated carbocycles. The molecule has 0 saturated heterocycles. The first-order chi connectivity index (χ1) is 15.1. The summed E-state index contributed by atoms with van der Waals surface area (Å²) in [6.07, 6.45) is -5.51. The third-order valence-electron chi connectivity index (χ3n) is 5.32. The lowest BCUT2D eigenvalue weighted by molar-refractivity contribution is -0.173. The number of fused-ring (bicyclic) bond motifs is 1. The van der Waals surface area contributed by atoms with Crippen LogP contribution < -0.4 is 10.6 Å². The topological polar surface area (TPSA) is 79.2 Å². The summed E-state index contributed by atoms with van der Waals surface area (Å²) in [6, 6.07) is 12.5. The molecule has 1 aliphatic rings. The molecule has 0 unspecified atom stereocenters. The summed E-state index contributed by atoms with van der Waals surface area (Å²) in [6.45, 7) is 1.59. The van der Waals surface area contributed by atoms with E-state index < -0.39 is 30.3 Å². The molecule has 0 radical (unpaired) electrons. The van der Waals surface area contributed by atoms with Gasteiger partial charge >= 0.3 is 6.18 Å². The molecule has 2 heterocycles. The molecule has 1 amide bonds. The number of aromatic nitrogens is 2. The van der Waals surface area contributed by atoms with Gasteiger partial charge < -0.3 is 15.7 Å². The Morgan fingerprint density at radius 3 is 2.62 bits per heavy atom. The van der Waals surface area contributed by atoms with Gasteiger partial charge in [0, 0.05) is 22.6 Å². The average Bonchev–Trinajstić information content (AvgIpc) is 3.17. The van der Waals surface area contributed by atoms with E-state index in [9.17, 15) is 23.1 Å². The van der Waals surface area contributed by atoms with Crippen molar-refractivity contribution in [1.82, 2.24) is 9.78 Å². The number of nitrogens with zero attached hydrogens (tertiary/aromatic N) is 2. The van der Waals surface area contributed by atoms with Gasteiger partial charge in [-0.1, -0.05) is 40.2 Å². The molecule has 10 heteroatoms. The summed E-state index contributed by atoms with van der Waals surface area (Å²) in [5, 5.41) is 19.4. The Balaban J connectivity index is 1.62. The van der Waals surface area contributed by atoms with E-state index in [0.29, 0.717) is 16.8 Å². The molecule has 4 rings (SSSR count). The van der Waals surface area contributed by atoms with E-state index in [-0.39, 0.29) is 17.9 Å². The number of rotatable bonds is 4. The second-order valence-electron chi connectivity index (χ2n) is 7.66.